The average Bonchev–Trinajstić information content (AvgIpc) is 2.46. The number of thiazole rings is 1. The Morgan fingerprint density at radius 3 is 3.08 bits per heavy atom. The van der Waals surface area contributed by atoms with Crippen molar-refractivity contribution in [2.45, 2.75) is 0 Å². The van der Waals surface area contributed by atoms with Gasteiger partial charge >= 0.3 is 0 Å². The van der Waals surface area contributed by atoms with Crippen LogP contribution < -0.4 is 5.73 Å². The van der Waals surface area contributed by atoms with Crippen molar-refractivity contribution in [3.05, 3.63) is 23.2 Å². The SMILES string of the molecule is Nc1ccc2nc(C=O)sc2c1. The Hall–Kier alpha value is -1.42. The van der Waals surface area contributed by atoms with Crippen LogP contribution in [0.25, 0.3) is 10.2 Å². The van der Waals surface area contributed by atoms with Gasteiger partial charge in [0.05, 0.1) is 10.2 Å². The number of hydrogen-bond acceptors (Lipinski definition) is 4. The Kier molecular flexibility index (Phi) is 1.55. The number of carbonyl (C=O) groups is 1. The monoisotopic (exact) mass is 178 g/mol. The highest BCUT2D eigenvalue weighted by atomic mass is 32.1. The highest BCUT2D eigenvalue weighted by Crippen LogP contribution is 2.22. The smallest absolute Gasteiger partial charge is 0.178 e. The molecule has 1 aromatic heterocycles. The van der Waals surface area contributed by atoms with Crippen molar-refractivity contribution < 1.29 is 4.79 Å². The summed E-state index contributed by atoms with van der Waals surface area (Å²) in [4.78, 5) is 14.4. The molecule has 4 heteroatoms. The van der Waals surface area contributed by atoms with Crippen LogP contribution in [-0.4, -0.2) is 11.3 Å². The third-order valence-electron chi connectivity index (χ3n) is 1.53. The van der Waals surface area contributed by atoms with Gasteiger partial charge in [0.2, 0.25) is 0 Å². The predicted octanol–water partition coefficient (Wildman–Crippen LogP) is 1.69. The van der Waals surface area contributed by atoms with Crippen molar-refractivity contribution in [2.75, 3.05) is 5.73 Å². The van der Waals surface area contributed by atoms with E-state index in [-0.39, 0.29) is 0 Å². The third-order valence-corrected chi connectivity index (χ3v) is 2.47. The summed E-state index contributed by atoms with van der Waals surface area (Å²) in [6.07, 6.45) is 0.751. The van der Waals surface area contributed by atoms with Gasteiger partial charge in [0.15, 0.2) is 11.3 Å². The summed E-state index contributed by atoms with van der Waals surface area (Å²) in [5.41, 5.74) is 7.09. The first kappa shape index (κ1) is 7.24. The number of nitrogens with two attached hydrogens (primary N) is 1. The third kappa shape index (κ3) is 1.06. The molecule has 12 heavy (non-hydrogen) atoms. The molecule has 0 radical (unpaired) electrons. The number of nitrogens with zero attached hydrogens (tertiary/aromatic N) is 1. The van der Waals surface area contributed by atoms with E-state index in [4.69, 9.17) is 5.73 Å². The zero-order valence-corrected chi connectivity index (χ0v) is 6.97. The van der Waals surface area contributed by atoms with Gasteiger partial charge in [-0.3, -0.25) is 4.79 Å². The fourth-order valence-electron chi connectivity index (χ4n) is 1.01. The van der Waals surface area contributed by atoms with Crippen molar-refractivity contribution in [1.29, 1.82) is 0 Å². The number of fused-ring (bicyclic) bond motifs is 1. The van der Waals surface area contributed by atoms with Crippen molar-refractivity contribution in [3.8, 4) is 0 Å². The fraction of sp³-hybridized carbons (Fsp3) is 0. The maximum absolute atomic E-state index is 10.4. The quantitative estimate of drug-likeness (QED) is 0.534. The van der Waals surface area contributed by atoms with E-state index in [1.807, 2.05) is 12.1 Å². The molecule has 2 rings (SSSR count). The van der Waals surface area contributed by atoms with Crippen LogP contribution in [0, 0.1) is 0 Å². The minimum absolute atomic E-state index is 0.496. The van der Waals surface area contributed by atoms with Gasteiger partial charge in [-0.15, -0.1) is 11.3 Å². The molecule has 2 aromatic rings. The van der Waals surface area contributed by atoms with Crippen LogP contribution in [0.4, 0.5) is 5.69 Å². The van der Waals surface area contributed by atoms with E-state index in [0.29, 0.717) is 10.7 Å². The van der Waals surface area contributed by atoms with Crippen molar-refractivity contribution in [3.63, 3.8) is 0 Å². The number of nitrogen functional groups attached to an aromatic ring is 1. The van der Waals surface area contributed by atoms with Crippen LogP contribution in [0.1, 0.15) is 9.80 Å². The maximum atomic E-state index is 10.4. The molecule has 1 heterocycles. The lowest BCUT2D eigenvalue weighted by atomic mass is 10.3. The molecule has 60 valence electrons. The summed E-state index contributed by atoms with van der Waals surface area (Å²) in [5, 5.41) is 0.496. The zero-order valence-electron chi connectivity index (χ0n) is 6.15. The number of carbonyl (C=O) groups excluding carboxylic acids is 1. The van der Waals surface area contributed by atoms with Gasteiger partial charge in [0.25, 0.3) is 0 Å². The molecule has 0 aliphatic carbocycles. The number of benzene rings is 1. The molecule has 0 bridgehead atoms. The summed E-state index contributed by atoms with van der Waals surface area (Å²) >= 11 is 1.35. The molecule has 0 saturated carbocycles. The van der Waals surface area contributed by atoms with E-state index < -0.39 is 0 Å². The normalized spacial score (nSPS) is 10.3. The molecule has 2 N–H and O–H groups in total. The van der Waals surface area contributed by atoms with E-state index in [2.05, 4.69) is 4.98 Å². The summed E-state index contributed by atoms with van der Waals surface area (Å²) in [5.74, 6) is 0. The minimum Gasteiger partial charge on any atom is -0.399 e. The second-order valence-corrected chi connectivity index (χ2v) is 3.46. The van der Waals surface area contributed by atoms with Crippen molar-refractivity contribution in [2.24, 2.45) is 0 Å². The molecule has 0 unspecified atom stereocenters. The highest BCUT2D eigenvalue weighted by Gasteiger charge is 2.01. The molecule has 3 nitrogen and oxygen atoms in total. The Labute approximate surface area is 72.8 Å². The standard InChI is InChI=1S/C8H6N2OS/c9-5-1-2-6-7(3-5)12-8(4-11)10-6/h1-4H,9H2. The molecular weight excluding hydrogens is 172 g/mol. The number of aromatic nitrogens is 1. The van der Waals surface area contributed by atoms with Gasteiger partial charge < -0.3 is 5.73 Å². The summed E-state index contributed by atoms with van der Waals surface area (Å²) in [6.45, 7) is 0. The Bertz CT molecular complexity index is 436. The summed E-state index contributed by atoms with van der Waals surface area (Å²) in [7, 11) is 0. The van der Waals surface area contributed by atoms with Gasteiger partial charge in [-0.2, -0.15) is 0 Å². The first-order valence-electron chi connectivity index (χ1n) is 3.41. The van der Waals surface area contributed by atoms with Crippen LogP contribution in [0.5, 0.6) is 0 Å². The number of anilines is 1. The van der Waals surface area contributed by atoms with Gasteiger partial charge in [-0.05, 0) is 18.2 Å². The Morgan fingerprint density at radius 2 is 2.33 bits per heavy atom. The number of rotatable bonds is 1. The minimum atomic E-state index is 0.496. The maximum Gasteiger partial charge on any atom is 0.178 e. The predicted molar refractivity (Wildman–Crippen MR) is 49.4 cm³/mol. The molecule has 0 aliphatic heterocycles. The van der Waals surface area contributed by atoms with Crippen LogP contribution >= 0.6 is 11.3 Å². The molecule has 0 amide bonds. The van der Waals surface area contributed by atoms with Crippen LogP contribution in [0.2, 0.25) is 0 Å². The lowest BCUT2D eigenvalue weighted by Gasteiger charge is -1.89. The summed E-state index contributed by atoms with van der Waals surface area (Å²) < 4.78 is 0.956. The van der Waals surface area contributed by atoms with Gasteiger partial charge in [-0.1, -0.05) is 0 Å². The van der Waals surface area contributed by atoms with E-state index in [0.717, 1.165) is 16.5 Å². The number of aldehydes is 1. The Morgan fingerprint density at radius 1 is 1.50 bits per heavy atom. The zero-order chi connectivity index (χ0) is 8.55. The lowest BCUT2D eigenvalue weighted by Crippen LogP contribution is -1.81. The van der Waals surface area contributed by atoms with E-state index in [1.54, 1.807) is 6.07 Å². The van der Waals surface area contributed by atoms with Gasteiger partial charge in [0.1, 0.15) is 0 Å². The van der Waals surface area contributed by atoms with Crippen LogP contribution in [0.15, 0.2) is 18.2 Å². The first-order valence-corrected chi connectivity index (χ1v) is 4.22. The fourth-order valence-corrected chi connectivity index (χ4v) is 1.84. The topological polar surface area (TPSA) is 56.0 Å². The van der Waals surface area contributed by atoms with Crippen LogP contribution in [0.3, 0.4) is 0 Å². The van der Waals surface area contributed by atoms with Crippen molar-refractivity contribution in [1.82, 2.24) is 4.98 Å². The number of hydrogen-bond donors (Lipinski definition) is 1. The molecule has 0 atom stereocenters. The van der Waals surface area contributed by atoms with E-state index >= 15 is 0 Å². The van der Waals surface area contributed by atoms with E-state index in [9.17, 15) is 4.79 Å². The molecule has 1 aromatic carbocycles. The summed E-state index contributed by atoms with van der Waals surface area (Å²) in [6, 6.07) is 5.41. The molecule has 0 aliphatic rings. The van der Waals surface area contributed by atoms with Gasteiger partial charge in [0, 0.05) is 5.69 Å². The Balaban J connectivity index is 2.75. The lowest BCUT2D eigenvalue weighted by molar-refractivity contribution is 0.112. The molecule has 0 saturated heterocycles. The average molecular weight is 178 g/mol. The molecule has 0 fully saturated rings. The largest absolute Gasteiger partial charge is 0.399 e. The molecule has 0 spiro atoms. The van der Waals surface area contributed by atoms with Crippen LogP contribution in [-0.2, 0) is 0 Å². The van der Waals surface area contributed by atoms with Gasteiger partial charge in [-0.25, -0.2) is 4.98 Å². The van der Waals surface area contributed by atoms with Crippen molar-refractivity contribution >= 4 is 33.5 Å². The first-order chi connectivity index (χ1) is 5.79. The second kappa shape index (κ2) is 2.57. The second-order valence-electron chi connectivity index (χ2n) is 2.40. The van der Waals surface area contributed by atoms with E-state index in [1.165, 1.54) is 11.3 Å². The highest BCUT2D eigenvalue weighted by molar-refractivity contribution is 7.20. The molecular formula is C8H6N2OS.